The van der Waals surface area contributed by atoms with Crippen molar-refractivity contribution >= 4 is 17.7 Å². The van der Waals surface area contributed by atoms with Crippen LogP contribution in [-0.4, -0.2) is 40.1 Å². The molecule has 1 aromatic heterocycles. The number of methoxy groups -OCH3 is 1. The minimum atomic E-state index is -0.432. The molecule has 0 bridgehead atoms. The summed E-state index contributed by atoms with van der Waals surface area (Å²) in [6.45, 7) is 0.258. The maximum atomic E-state index is 11.2. The first-order valence-electron chi connectivity index (χ1n) is 3.79. The van der Waals surface area contributed by atoms with E-state index in [9.17, 15) is 4.79 Å². The van der Waals surface area contributed by atoms with E-state index < -0.39 is 5.25 Å². The van der Waals surface area contributed by atoms with Crippen molar-refractivity contribution < 1.29 is 9.53 Å². The standard InChI is InChI=1S/C6H11N5O2S/c1-13-2-4(5(12)10-7)14-6-8-3-9-11-6/h3-4H,2,7H2,1H3,(H,10,12)(H,8,9,11). The van der Waals surface area contributed by atoms with Crippen LogP contribution in [0.4, 0.5) is 0 Å². The Morgan fingerprint density at radius 2 is 2.71 bits per heavy atom. The minimum Gasteiger partial charge on any atom is -0.383 e. The maximum Gasteiger partial charge on any atom is 0.249 e. The van der Waals surface area contributed by atoms with Gasteiger partial charge < -0.3 is 4.74 Å². The second kappa shape index (κ2) is 5.58. The Hall–Kier alpha value is -1.12. The molecular formula is C6H11N5O2S. The predicted octanol–water partition coefficient (Wildman–Crippen LogP) is -1.10. The Labute approximate surface area is 84.8 Å². The van der Waals surface area contributed by atoms with Gasteiger partial charge in [-0.2, -0.15) is 5.10 Å². The number of hydrogen-bond acceptors (Lipinski definition) is 6. The topological polar surface area (TPSA) is 106 Å². The number of amides is 1. The molecule has 0 fully saturated rings. The lowest BCUT2D eigenvalue weighted by Crippen LogP contribution is -2.39. The average molecular weight is 217 g/mol. The van der Waals surface area contributed by atoms with Crippen LogP contribution >= 0.6 is 11.8 Å². The van der Waals surface area contributed by atoms with Crippen LogP contribution in [-0.2, 0) is 9.53 Å². The highest BCUT2D eigenvalue weighted by molar-refractivity contribution is 8.00. The van der Waals surface area contributed by atoms with Crippen LogP contribution in [0.5, 0.6) is 0 Å². The van der Waals surface area contributed by atoms with Gasteiger partial charge in [0, 0.05) is 7.11 Å². The Balaban J connectivity index is 2.55. The molecule has 1 atom stereocenters. The summed E-state index contributed by atoms with van der Waals surface area (Å²) in [4.78, 5) is 15.1. The number of nitrogens with two attached hydrogens (primary N) is 1. The lowest BCUT2D eigenvalue weighted by Gasteiger charge is -2.11. The van der Waals surface area contributed by atoms with Gasteiger partial charge in [-0.1, -0.05) is 11.8 Å². The number of aromatic nitrogens is 3. The summed E-state index contributed by atoms with van der Waals surface area (Å²) in [6, 6.07) is 0. The molecule has 0 radical (unpaired) electrons. The fourth-order valence-corrected chi connectivity index (χ4v) is 1.66. The highest BCUT2D eigenvalue weighted by Gasteiger charge is 2.19. The smallest absolute Gasteiger partial charge is 0.249 e. The number of hydrazine groups is 1. The number of rotatable bonds is 5. The first-order valence-corrected chi connectivity index (χ1v) is 4.67. The Morgan fingerprint density at radius 1 is 1.93 bits per heavy atom. The first-order chi connectivity index (χ1) is 6.77. The van der Waals surface area contributed by atoms with Gasteiger partial charge in [0.25, 0.3) is 0 Å². The van der Waals surface area contributed by atoms with E-state index in [0.29, 0.717) is 5.16 Å². The summed E-state index contributed by atoms with van der Waals surface area (Å²) in [6.07, 6.45) is 1.37. The van der Waals surface area contributed by atoms with Crippen LogP contribution in [0.2, 0.25) is 0 Å². The van der Waals surface area contributed by atoms with E-state index in [2.05, 4.69) is 20.6 Å². The molecule has 0 saturated carbocycles. The summed E-state index contributed by atoms with van der Waals surface area (Å²) < 4.78 is 4.88. The van der Waals surface area contributed by atoms with Crippen molar-refractivity contribution in [1.82, 2.24) is 20.6 Å². The van der Waals surface area contributed by atoms with Gasteiger partial charge in [-0.25, -0.2) is 10.8 Å². The molecule has 8 heteroatoms. The second-order valence-electron chi connectivity index (χ2n) is 2.36. The fourth-order valence-electron chi connectivity index (χ4n) is 0.793. The quantitative estimate of drug-likeness (QED) is 0.250. The SMILES string of the molecule is COCC(Sc1ncn[nH]1)C(=O)NN. The summed E-state index contributed by atoms with van der Waals surface area (Å²) in [5, 5.41) is 6.41. The number of nitrogens with zero attached hydrogens (tertiary/aromatic N) is 2. The third-order valence-electron chi connectivity index (χ3n) is 1.40. The van der Waals surface area contributed by atoms with Crippen molar-refractivity contribution in [1.29, 1.82) is 0 Å². The normalized spacial score (nSPS) is 12.4. The van der Waals surface area contributed by atoms with Crippen molar-refractivity contribution in [2.24, 2.45) is 5.84 Å². The number of aromatic amines is 1. The molecule has 7 nitrogen and oxygen atoms in total. The van der Waals surface area contributed by atoms with Crippen molar-refractivity contribution in [3.8, 4) is 0 Å². The van der Waals surface area contributed by atoms with E-state index in [1.807, 2.05) is 0 Å². The number of H-pyrrole nitrogens is 1. The minimum absolute atomic E-state index is 0.258. The molecule has 14 heavy (non-hydrogen) atoms. The highest BCUT2D eigenvalue weighted by Crippen LogP contribution is 2.18. The number of hydrogen-bond donors (Lipinski definition) is 3. The third kappa shape index (κ3) is 2.98. The number of thioether (sulfide) groups is 1. The average Bonchev–Trinajstić information content (AvgIpc) is 2.68. The number of carbonyl (C=O) groups excluding carboxylic acids is 1. The molecule has 1 rings (SSSR count). The monoisotopic (exact) mass is 217 g/mol. The molecule has 1 heterocycles. The molecule has 0 aliphatic heterocycles. The lowest BCUT2D eigenvalue weighted by molar-refractivity contribution is -0.121. The van der Waals surface area contributed by atoms with E-state index >= 15 is 0 Å². The van der Waals surface area contributed by atoms with E-state index in [-0.39, 0.29) is 12.5 Å². The van der Waals surface area contributed by atoms with Gasteiger partial charge in [0.2, 0.25) is 5.91 Å². The predicted molar refractivity (Wildman–Crippen MR) is 50.2 cm³/mol. The zero-order valence-electron chi connectivity index (χ0n) is 7.56. The van der Waals surface area contributed by atoms with Crippen molar-refractivity contribution in [2.75, 3.05) is 13.7 Å². The molecule has 0 saturated heterocycles. The van der Waals surface area contributed by atoms with Gasteiger partial charge in [-0.3, -0.25) is 15.3 Å². The maximum absolute atomic E-state index is 11.2. The van der Waals surface area contributed by atoms with E-state index in [0.717, 1.165) is 0 Å². The van der Waals surface area contributed by atoms with Crippen molar-refractivity contribution in [3.05, 3.63) is 6.33 Å². The third-order valence-corrected chi connectivity index (χ3v) is 2.45. The lowest BCUT2D eigenvalue weighted by atomic mass is 10.4. The zero-order chi connectivity index (χ0) is 10.4. The molecular weight excluding hydrogens is 206 g/mol. The summed E-state index contributed by atoms with van der Waals surface area (Å²) in [5.41, 5.74) is 2.06. The summed E-state index contributed by atoms with van der Waals surface area (Å²) >= 11 is 1.21. The van der Waals surface area contributed by atoms with Gasteiger partial charge in [-0.05, 0) is 0 Å². The molecule has 0 aliphatic rings. The van der Waals surface area contributed by atoms with E-state index in [1.54, 1.807) is 0 Å². The number of nitrogens with one attached hydrogen (secondary N) is 2. The van der Waals surface area contributed by atoms with Crippen LogP contribution in [0, 0.1) is 0 Å². The molecule has 1 unspecified atom stereocenters. The van der Waals surface area contributed by atoms with Gasteiger partial charge in [0.05, 0.1) is 6.61 Å². The number of ether oxygens (including phenoxy) is 1. The Bertz CT molecular complexity index is 278. The molecule has 4 N–H and O–H groups in total. The summed E-state index contributed by atoms with van der Waals surface area (Å²) in [7, 11) is 1.51. The Morgan fingerprint density at radius 3 is 3.21 bits per heavy atom. The van der Waals surface area contributed by atoms with Crippen LogP contribution in [0.15, 0.2) is 11.5 Å². The van der Waals surface area contributed by atoms with Gasteiger partial charge in [0.15, 0.2) is 5.16 Å². The molecule has 0 aromatic carbocycles. The van der Waals surface area contributed by atoms with Gasteiger partial charge in [-0.15, -0.1) is 0 Å². The molecule has 1 amide bonds. The van der Waals surface area contributed by atoms with Crippen molar-refractivity contribution in [3.63, 3.8) is 0 Å². The van der Waals surface area contributed by atoms with Gasteiger partial charge in [0.1, 0.15) is 11.6 Å². The number of carbonyl (C=O) groups is 1. The van der Waals surface area contributed by atoms with E-state index in [4.69, 9.17) is 10.6 Å². The van der Waals surface area contributed by atoms with Crippen LogP contribution in [0.3, 0.4) is 0 Å². The zero-order valence-corrected chi connectivity index (χ0v) is 8.37. The largest absolute Gasteiger partial charge is 0.383 e. The first kappa shape index (κ1) is 11.0. The molecule has 0 spiro atoms. The van der Waals surface area contributed by atoms with Crippen LogP contribution < -0.4 is 11.3 Å². The molecule has 78 valence electrons. The molecule has 1 aromatic rings. The van der Waals surface area contributed by atoms with Gasteiger partial charge >= 0.3 is 0 Å². The summed E-state index contributed by atoms with van der Waals surface area (Å²) in [5.74, 6) is 4.71. The fraction of sp³-hybridized carbons (Fsp3) is 0.500. The van der Waals surface area contributed by atoms with Crippen LogP contribution in [0.25, 0.3) is 0 Å². The highest BCUT2D eigenvalue weighted by atomic mass is 32.2. The van der Waals surface area contributed by atoms with Crippen LogP contribution in [0.1, 0.15) is 0 Å². The second-order valence-corrected chi connectivity index (χ2v) is 3.55. The van der Waals surface area contributed by atoms with E-state index in [1.165, 1.54) is 25.2 Å². The van der Waals surface area contributed by atoms with Crippen molar-refractivity contribution in [2.45, 2.75) is 10.4 Å². The Kier molecular flexibility index (Phi) is 4.36. The molecule has 0 aliphatic carbocycles.